The van der Waals surface area contributed by atoms with E-state index in [1.54, 1.807) is 12.1 Å². The number of hydrogen-bond acceptors (Lipinski definition) is 3. The third-order valence-corrected chi connectivity index (χ3v) is 4.66. The van der Waals surface area contributed by atoms with Gasteiger partial charge in [0.25, 0.3) is 0 Å². The van der Waals surface area contributed by atoms with Crippen LogP contribution in [0.3, 0.4) is 0 Å². The van der Waals surface area contributed by atoms with Crippen molar-refractivity contribution < 1.29 is 22.0 Å². The topological polar surface area (TPSA) is 75.3 Å². The largest absolute Gasteiger partial charge is 0.326 e. The standard InChI is InChI=1S/C16H16F2N2O3S/c1-11-2-5-13(6-3-11)24(22,23)19-9-8-16(21)20-12-4-7-14(17)15(18)10-12/h2-7,10,19H,8-9H2,1H3,(H,20,21). The number of nitrogens with one attached hydrogen (secondary N) is 2. The van der Waals surface area contributed by atoms with Gasteiger partial charge in [0.2, 0.25) is 15.9 Å². The lowest BCUT2D eigenvalue weighted by molar-refractivity contribution is -0.116. The quantitative estimate of drug-likeness (QED) is 0.837. The Balaban J connectivity index is 1.87. The number of amides is 1. The van der Waals surface area contributed by atoms with Gasteiger partial charge in [0.1, 0.15) is 0 Å². The van der Waals surface area contributed by atoms with Gasteiger partial charge < -0.3 is 5.32 Å². The number of carbonyl (C=O) groups excluding carboxylic acids is 1. The molecule has 0 aliphatic carbocycles. The fraction of sp³-hybridized carbons (Fsp3) is 0.188. The lowest BCUT2D eigenvalue weighted by atomic mass is 10.2. The summed E-state index contributed by atoms with van der Waals surface area (Å²) in [5, 5.41) is 2.36. The maximum Gasteiger partial charge on any atom is 0.240 e. The molecule has 0 aliphatic rings. The summed E-state index contributed by atoms with van der Waals surface area (Å²) in [6, 6.07) is 9.24. The van der Waals surface area contributed by atoms with Crippen LogP contribution in [-0.2, 0) is 14.8 Å². The molecule has 0 heterocycles. The van der Waals surface area contributed by atoms with Crippen molar-refractivity contribution in [3.63, 3.8) is 0 Å². The number of sulfonamides is 1. The fourth-order valence-corrected chi connectivity index (χ4v) is 2.93. The van der Waals surface area contributed by atoms with Crippen molar-refractivity contribution in [1.29, 1.82) is 0 Å². The molecule has 2 N–H and O–H groups in total. The first-order valence-electron chi connectivity index (χ1n) is 7.09. The molecular weight excluding hydrogens is 338 g/mol. The number of benzene rings is 2. The van der Waals surface area contributed by atoms with E-state index >= 15 is 0 Å². The number of rotatable bonds is 6. The Labute approximate surface area is 138 Å². The van der Waals surface area contributed by atoms with Gasteiger partial charge in [-0.2, -0.15) is 0 Å². The Morgan fingerprint density at radius 1 is 1.04 bits per heavy atom. The van der Waals surface area contributed by atoms with E-state index in [1.807, 2.05) is 6.92 Å². The number of aryl methyl sites for hydroxylation is 1. The van der Waals surface area contributed by atoms with Crippen molar-refractivity contribution in [1.82, 2.24) is 4.72 Å². The van der Waals surface area contributed by atoms with E-state index in [2.05, 4.69) is 10.0 Å². The molecule has 2 aromatic carbocycles. The highest BCUT2D eigenvalue weighted by atomic mass is 32.2. The highest BCUT2D eigenvalue weighted by Gasteiger charge is 2.14. The second-order valence-electron chi connectivity index (χ2n) is 5.14. The number of halogens is 2. The molecule has 24 heavy (non-hydrogen) atoms. The van der Waals surface area contributed by atoms with Crippen molar-refractivity contribution in [3.8, 4) is 0 Å². The molecule has 0 spiro atoms. The van der Waals surface area contributed by atoms with Gasteiger partial charge in [0, 0.05) is 24.7 Å². The maximum absolute atomic E-state index is 13.0. The monoisotopic (exact) mass is 354 g/mol. The maximum atomic E-state index is 13.0. The van der Waals surface area contributed by atoms with Gasteiger partial charge in [-0.3, -0.25) is 4.79 Å². The highest BCUT2D eigenvalue weighted by Crippen LogP contribution is 2.13. The Morgan fingerprint density at radius 2 is 1.71 bits per heavy atom. The second-order valence-corrected chi connectivity index (χ2v) is 6.90. The first-order chi connectivity index (χ1) is 11.3. The molecular formula is C16H16F2N2O3S. The molecule has 128 valence electrons. The van der Waals surface area contributed by atoms with Crippen molar-refractivity contribution in [3.05, 3.63) is 59.7 Å². The van der Waals surface area contributed by atoms with E-state index in [0.717, 1.165) is 17.7 Å². The van der Waals surface area contributed by atoms with E-state index in [-0.39, 0.29) is 23.5 Å². The second kappa shape index (κ2) is 7.50. The number of anilines is 1. The molecule has 2 rings (SSSR count). The molecule has 0 fully saturated rings. The molecule has 0 unspecified atom stereocenters. The van der Waals surface area contributed by atoms with Gasteiger partial charge in [0.05, 0.1) is 4.90 Å². The summed E-state index contributed by atoms with van der Waals surface area (Å²) in [5.41, 5.74) is 1.03. The summed E-state index contributed by atoms with van der Waals surface area (Å²) in [7, 11) is -3.70. The SMILES string of the molecule is Cc1ccc(S(=O)(=O)NCCC(=O)Nc2ccc(F)c(F)c2)cc1. The van der Waals surface area contributed by atoms with E-state index in [4.69, 9.17) is 0 Å². The minimum atomic E-state index is -3.70. The number of hydrogen-bond donors (Lipinski definition) is 2. The van der Waals surface area contributed by atoms with Crippen LogP contribution in [0.2, 0.25) is 0 Å². The van der Waals surface area contributed by atoms with Crippen molar-refractivity contribution in [2.45, 2.75) is 18.2 Å². The first kappa shape index (κ1) is 18.0. The van der Waals surface area contributed by atoms with E-state index in [0.29, 0.717) is 0 Å². The predicted molar refractivity (Wildman–Crippen MR) is 86.0 cm³/mol. The van der Waals surface area contributed by atoms with Crippen LogP contribution >= 0.6 is 0 Å². The molecule has 2 aromatic rings. The first-order valence-corrected chi connectivity index (χ1v) is 8.57. The molecule has 0 saturated heterocycles. The van der Waals surface area contributed by atoms with Crippen LogP contribution < -0.4 is 10.0 Å². The van der Waals surface area contributed by atoms with Gasteiger partial charge in [-0.05, 0) is 31.2 Å². The molecule has 0 saturated carbocycles. The van der Waals surface area contributed by atoms with Crippen LogP contribution in [0, 0.1) is 18.6 Å². The Morgan fingerprint density at radius 3 is 2.33 bits per heavy atom. The summed E-state index contributed by atoms with van der Waals surface area (Å²) < 4.78 is 52.2. The van der Waals surface area contributed by atoms with E-state index < -0.39 is 27.6 Å². The van der Waals surface area contributed by atoms with Gasteiger partial charge in [-0.1, -0.05) is 17.7 Å². The predicted octanol–water partition coefficient (Wildman–Crippen LogP) is 2.58. The zero-order valence-electron chi connectivity index (χ0n) is 12.8. The summed E-state index contributed by atoms with van der Waals surface area (Å²) in [5.74, 6) is -2.61. The van der Waals surface area contributed by atoms with Crippen molar-refractivity contribution in [2.75, 3.05) is 11.9 Å². The Hall–Kier alpha value is -2.32. The van der Waals surface area contributed by atoms with E-state index in [1.165, 1.54) is 18.2 Å². The van der Waals surface area contributed by atoms with Gasteiger partial charge in [0.15, 0.2) is 11.6 Å². The Bertz CT molecular complexity index is 837. The van der Waals surface area contributed by atoms with Crippen LogP contribution in [0.15, 0.2) is 47.4 Å². The lowest BCUT2D eigenvalue weighted by Crippen LogP contribution is -2.27. The average molecular weight is 354 g/mol. The Kier molecular flexibility index (Phi) is 5.63. The highest BCUT2D eigenvalue weighted by molar-refractivity contribution is 7.89. The van der Waals surface area contributed by atoms with Crippen molar-refractivity contribution in [2.24, 2.45) is 0 Å². The van der Waals surface area contributed by atoms with Crippen LogP contribution in [0.1, 0.15) is 12.0 Å². The molecule has 1 amide bonds. The summed E-state index contributed by atoms with van der Waals surface area (Å²) in [6.07, 6.45) is -0.149. The minimum Gasteiger partial charge on any atom is -0.326 e. The third-order valence-electron chi connectivity index (χ3n) is 3.18. The van der Waals surface area contributed by atoms with Crippen LogP contribution in [0.4, 0.5) is 14.5 Å². The molecule has 0 radical (unpaired) electrons. The molecule has 8 heteroatoms. The minimum absolute atomic E-state index is 0.0975. The molecule has 0 bridgehead atoms. The van der Waals surface area contributed by atoms with E-state index in [9.17, 15) is 22.0 Å². The van der Waals surface area contributed by atoms with Crippen LogP contribution in [0.5, 0.6) is 0 Å². The van der Waals surface area contributed by atoms with Crippen LogP contribution in [-0.4, -0.2) is 20.9 Å². The van der Waals surface area contributed by atoms with Gasteiger partial charge in [-0.25, -0.2) is 21.9 Å². The number of carbonyl (C=O) groups is 1. The molecule has 0 aromatic heterocycles. The zero-order valence-corrected chi connectivity index (χ0v) is 13.7. The summed E-state index contributed by atoms with van der Waals surface area (Å²) in [4.78, 5) is 11.8. The fourth-order valence-electron chi connectivity index (χ4n) is 1.90. The zero-order chi connectivity index (χ0) is 17.7. The smallest absolute Gasteiger partial charge is 0.240 e. The average Bonchev–Trinajstić information content (AvgIpc) is 2.51. The summed E-state index contributed by atoms with van der Waals surface area (Å²) >= 11 is 0. The molecule has 5 nitrogen and oxygen atoms in total. The van der Waals surface area contributed by atoms with Crippen molar-refractivity contribution >= 4 is 21.6 Å². The van der Waals surface area contributed by atoms with Crippen LogP contribution in [0.25, 0.3) is 0 Å². The summed E-state index contributed by atoms with van der Waals surface area (Å²) in [6.45, 7) is 1.72. The lowest BCUT2D eigenvalue weighted by Gasteiger charge is -2.08. The molecule has 0 aliphatic heterocycles. The third kappa shape index (κ3) is 4.84. The normalized spacial score (nSPS) is 11.3. The van der Waals surface area contributed by atoms with Gasteiger partial charge in [-0.15, -0.1) is 0 Å². The molecule has 0 atom stereocenters. The van der Waals surface area contributed by atoms with Gasteiger partial charge >= 0.3 is 0 Å².